The van der Waals surface area contributed by atoms with Crippen LogP contribution in [0.15, 0.2) is 60.7 Å². The molecule has 5 heteroatoms. The third kappa shape index (κ3) is 6.03. The molecule has 0 radical (unpaired) electrons. The predicted molar refractivity (Wildman–Crippen MR) is 135 cm³/mol. The fraction of sp³-hybridized carbons (Fsp3) is 0.536. The lowest BCUT2D eigenvalue weighted by molar-refractivity contribution is -0.133. The first kappa shape index (κ1) is 23.9. The van der Waals surface area contributed by atoms with E-state index < -0.39 is 0 Å². The van der Waals surface area contributed by atoms with Gasteiger partial charge in [0.2, 0.25) is 5.91 Å². The highest BCUT2D eigenvalue weighted by molar-refractivity contribution is 5.80. The number of nitrogens with zero attached hydrogens (tertiary/aromatic N) is 2. The Morgan fingerprint density at radius 2 is 1.48 bits per heavy atom. The SMILES string of the molecule is CCCCCCC1C(=O)NC(N2CCN(C(c3ccccc3)c3ccccc3)CC2)NC1C. The quantitative estimate of drug-likeness (QED) is 0.559. The summed E-state index contributed by atoms with van der Waals surface area (Å²) in [7, 11) is 0. The Morgan fingerprint density at radius 3 is 2.03 bits per heavy atom. The van der Waals surface area contributed by atoms with Crippen molar-refractivity contribution in [3.8, 4) is 0 Å². The largest absolute Gasteiger partial charge is 0.328 e. The van der Waals surface area contributed by atoms with Gasteiger partial charge in [0.15, 0.2) is 0 Å². The van der Waals surface area contributed by atoms with Crippen molar-refractivity contribution >= 4 is 5.91 Å². The average molecular weight is 449 g/mol. The maximum Gasteiger partial charge on any atom is 0.226 e. The van der Waals surface area contributed by atoms with E-state index >= 15 is 0 Å². The number of carbonyl (C=O) groups excluding carboxylic acids is 1. The third-order valence-corrected chi connectivity index (χ3v) is 7.32. The van der Waals surface area contributed by atoms with E-state index in [1.54, 1.807) is 0 Å². The van der Waals surface area contributed by atoms with Crippen LogP contribution in [-0.4, -0.2) is 54.2 Å². The maximum atomic E-state index is 12.9. The highest BCUT2D eigenvalue weighted by Crippen LogP contribution is 2.30. The summed E-state index contributed by atoms with van der Waals surface area (Å²) in [5.74, 6) is 0.302. The fourth-order valence-electron chi connectivity index (χ4n) is 5.38. The Kier molecular flexibility index (Phi) is 8.54. The Balaban J connectivity index is 1.36. The zero-order valence-electron chi connectivity index (χ0n) is 20.2. The molecule has 3 unspecified atom stereocenters. The van der Waals surface area contributed by atoms with Crippen molar-refractivity contribution in [3.05, 3.63) is 71.8 Å². The van der Waals surface area contributed by atoms with Crippen molar-refractivity contribution < 1.29 is 4.79 Å². The van der Waals surface area contributed by atoms with E-state index in [9.17, 15) is 4.79 Å². The standard InChI is InChI=1S/C28H40N4O/c1-3-4-5-12-17-25-22(2)29-28(30-27(25)33)32-20-18-31(19-21-32)26(23-13-8-6-9-14-23)24-15-10-7-11-16-24/h6-11,13-16,22,25-26,28-29H,3-5,12,17-21H2,1-2H3,(H,30,33). The van der Waals surface area contributed by atoms with Gasteiger partial charge in [-0.3, -0.25) is 19.9 Å². The van der Waals surface area contributed by atoms with Crippen LogP contribution in [0.4, 0.5) is 0 Å². The third-order valence-electron chi connectivity index (χ3n) is 7.32. The van der Waals surface area contributed by atoms with Crippen LogP contribution >= 0.6 is 0 Å². The minimum Gasteiger partial charge on any atom is -0.328 e. The number of hydrogen-bond donors (Lipinski definition) is 2. The second kappa shape index (κ2) is 11.8. The summed E-state index contributed by atoms with van der Waals surface area (Å²) in [6, 6.07) is 22.1. The lowest BCUT2D eigenvalue weighted by atomic mass is 9.91. The number of rotatable bonds is 9. The Bertz CT molecular complexity index is 811. The highest BCUT2D eigenvalue weighted by Gasteiger charge is 2.37. The van der Waals surface area contributed by atoms with Crippen LogP contribution in [0.5, 0.6) is 0 Å². The number of unbranched alkanes of at least 4 members (excludes halogenated alkanes) is 3. The van der Waals surface area contributed by atoms with Crippen LogP contribution in [0.1, 0.15) is 63.1 Å². The molecular formula is C28H40N4O. The molecule has 2 heterocycles. The van der Waals surface area contributed by atoms with Gasteiger partial charge < -0.3 is 5.32 Å². The summed E-state index contributed by atoms with van der Waals surface area (Å²) in [5, 5.41) is 6.96. The summed E-state index contributed by atoms with van der Waals surface area (Å²) in [5.41, 5.74) is 2.67. The number of nitrogens with one attached hydrogen (secondary N) is 2. The molecule has 2 fully saturated rings. The monoisotopic (exact) mass is 448 g/mol. The molecule has 178 valence electrons. The van der Waals surface area contributed by atoms with Gasteiger partial charge in [-0.2, -0.15) is 0 Å². The van der Waals surface area contributed by atoms with Crippen LogP contribution in [0, 0.1) is 5.92 Å². The molecule has 5 nitrogen and oxygen atoms in total. The van der Waals surface area contributed by atoms with Crippen LogP contribution in [-0.2, 0) is 4.79 Å². The van der Waals surface area contributed by atoms with Gasteiger partial charge in [-0.15, -0.1) is 0 Å². The minimum atomic E-state index is -0.0616. The first-order chi connectivity index (χ1) is 16.2. The number of amides is 1. The number of carbonyl (C=O) groups is 1. The molecule has 2 aromatic carbocycles. The predicted octanol–water partition coefficient (Wildman–Crippen LogP) is 4.37. The molecule has 3 atom stereocenters. The van der Waals surface area contributed by atoms with Crippen molar-refractivity contribution in [3.63, 3.8) is 0 Å². The van der Waals surface area contributed by atoms with Crippen molar-refractivity contribution in [2.75, 3.05) is 26.2 Å². The van der Waals surface area contributed by atoms with Crippen molar-refractivity contribution in [1.29, 1.82) is 0 Å². The normalized spacial score (nSPS) is 24.7. The second-order valence-corrected chi connectivity index (χ2v) is 9.62. The van der Waals surface area contributed by atoms with Crippen LogP contribution in [0.3, 0.4) is 0 Å². The molecule has 0 aliphatic carbocycles. The first-order valence-corrected chi connectivity index (χ1v) is 12.8. The van der Waals surface area contributed by atoms with Crippen LogP contribution < -0.4 is 10.6 Å². The minimum absolute atomic E-state index is 0.0616. The van der Waals surface area contributed by atoms with E-state index in [2.05, 4.69) is 94.9 Å². The number of piperazine rings is 1. The molecule has 0 spiro atoms. The van der Waals surface area contributed by atoms with Gasteiger partial charge in [0.25, 0.3) is 0 Å². The molecule has 2 aliphatic rings. The summed E-state index contributed by atoms with van der Waals surface area (Å²) in [6.45, 7) is 8.20. The molecular weight excluding hydrogens is 408 g/mol. The van der Waals surface area contributed by atoms with Gasteiger partial charge in [-0.1, -0.05) is 93.3 Å². The van der Waals surface area contributed by atoms with Gasteiger partial charge in [-0.05, 0) is 24.5 Å². The number of hydrogen-bond acceptors (Lipinski definition) is 4. The topological polar surface area (TPSA) is 47.6 Å². The molecule has 0 aromatic heterocycles. The van der Waals surface area contributed by atoms with Gasteiger partial charge in [0.1, 0.15) is 6.29 Å². The zero-order chi connectivity index (χ0) is 23.0. The van der Waals surface area contributed by atoms with Gasteiger partial charge in [0, 0.05) is 32.2 Å². The van der Waals surface area contributed by atoms with Crippen molar-refractivity contribution in [1.82, 2.24) is 20.4 Å². The molecule has 0 bridgehead atoms. The molecule has 2 saturated heterocycles. The smallest absolute Gasteiger partial charge is 0.226 e. The molecule has 33 heavy (non-hydrogen) atoms. The Hall–Kier alpha value is -2.21. The van der Waals surface area contributed by atoms with Crippen LogP contribution in [0.2, 0.25) is 0 Å². The van der Waals surface area contributed by atoms with Gasteiger partial charge in [0.05, 0.1) is 12.0 Å². The molecule has 0 saturated carbocycles. The highest BCUT2D eigenvalue weighted by atomic mass is 16.2. The summed E-state index contributed by atoms with van der Waals surface area (Å²) >= 11 is 0. The fourth-order valence-corrected chi connectivity index (χ4v) is 5.38. The van der Waals surface area contributed by atoms with Gasteiger partial charge >= 0.3 is 0 Å². The molecule has 2 aliphatic heterocycles. The van der Waals surface area contributed by atoms with Crippen LogP contribution in [0.25, 0.3) is 0 Å². The van der Waals surface area contributed by atoms with E-state index in [1.165, 1.54) is 30.4 Å². The van der Waals surface area contributed by atoms with E-state index in [4.69, 9.17) is 0 Å². The Morgan fingerprint density at radius 1 is 0.879 bits per heavy atom. The van der Waals surface area contributed by atoms with Crippen molar-refractivity contribution in [2.45, 2.75) is 64.3 Å². The Labute approximate surface area is 199 Å². The first-order valence-electron chi connectivity index (χ1n) is 12.8. The molecule has 4 rings (SSSR count). The summed E-state index contributed by atoms with van der Waals surface area (Å²) in [6.07, 6.45) is 5.78. The lowest BCUT2D eigenvalue weighted by Gasteiger charge is -2.46. The molecule has 2 aromatic rings. The van der Waals surface area contributed by atoms with E-state index in [-0.39, 0.29) is 30.2 Å². The summed E-state index contributed by atoms with van der Waals surface area (Å²) < 4.78 is 0. The second-order valence-electron chi connectivity index (χ2n) is 9.62. The van der Waals surface area contributed by atoms with E-state index in [0.717, 1.165) is 39.0 Å². The number of benzene rings is 2. The van der Waals surface area contributed by atoms with Crippen molar-refractivity contribution in [2.24, 2.45) is 5.92 Å². The average Bonchev–Trinajstić information content (AvgIpc) is 2.85. The lowest BCUT2D eigenvalue weighted by Crippen LogP contribution is -2.68. The van der Waals surface area contributed by atoms with Gasteiger partial charge in [-0.25, -0.2) is 0 Å². The summed E-state index contributed by atoms with van der Waals surface area (Å²) in [4.78, 5) is 17.8. The molecule has 2 N–H and O–H groups in total. The molecule has 1 amide bonds. The van der Waals surface area contributed by atoms with E-state index in [0.29, 0.717) is 0 Å². The van der Waals surface area contributed by atoms with E-state index in [1.807, 2.05) is 0 Å². The maximum absolute atomic E-state index is 12.9. The zero-order valence-corrected chi connectivity index (χ0v) is 20.2.